The fraction of sp³-hybridized carbons (Fsp3) is 0.310. The van der Waals surface area contributed by atoms with Gasteiger partial charge in [0.15, 0.2) is 0 Å². The third-order valence-electron chi connectivity index (χ3n) is 7.55. The molecule has 37 heavy (non-hydrogen) atoms. The van der Waals surface area contributed by atoms with Crippen molar-refractivity contribution in [2.24, 2.45) is 7.05 Å². The molecule has 1 aliphatic carbocycles. The van der Waals surface area contributed by atoms with Gasteiger partial charge in [0.25, 0.3) is 11.8 Å². The number of hydrogen-bond acceptors (Lipinski definition) is 4. The normalized spacial score (nSPS) is 19.7. The highest BCUT2D eigenvalue weighted by atomic mass is 35.5. The summed E-state index contributed by atoms with van der Waals surface area (Å²) in [6, 6.07) is 17.4. The second-order valence-corrected chi connectivity index (χ2v) is 10.4. The summed E-state index contributed by atoms with van der Waals surface area (Å²) in [5.74, 6) is 0.173. The van der Waals surface area contributed by atoms with Gasteiger partial charge in [0.2, 0.25) is 0 Å². The van der Waals surface area contributed by atoms with Crippen molar-refractivity contribution in [3.05, 3.63) is 94.5 Å². The quantitative estimate of drug-likeness (QED) is 0.410. The largest absolute Gasteiger partial charge is 0.347 e. The lowest BCUT2D eigenvalue weighted by Crippen LogP contribution is -2.51. The Morgan fingerprint density at radius 2 is 1.84 bits per heavy atom. The van der Waals surface area contributed by atoms with E-state index in [1.807, 2.05) is 52.9 Å². The van der Waals surface area contributed by atoms with E-state index in [-0.39, 0.29) is 23.8 Å². The van der Waals surface area contributed by atoms with Crippen LogP contribution >= 0.6 is 11.6 Å². The number of fused-ring (bicyclic) bond motifs is 1. The van der Waals surface area contributed by atoms with Crippen LogP contribution in [0.15, 0.2) is 67.1 Å². The number of imidazole rings is 1. The number of nitrogens with one attached hydrogen (secondary N) is 1. The van der Waals surface area contributed by atoms with Crippen LogP contribution in [-0.4, -0.2) is 50.4 Å². The Kier molecular flexibility index (Phi) is 6.16. The number of rotatable bonds is 5. The van der Waals surface area contributed by atoms with Crippen molar-refractivity contribution in [2.75, 3.05) is 13.1 Å². The number of nitrogens with zero attached hydrogens (tertiary/aromatic N) is 4. The van der Waals surface area contributed by atoms with Crippen LogP contribution in [0.1, 0.15) is 63.1 Å². The first-order valence-electron chi connectivity index (χ1n) is 12.7. The summed E-state index contributed by atoms with van der Waals surface area (Å²) in [4.78, 5) is 37.6. The molecule has 2 fully saturated rings. The first kappa shape index (κ1) is 23.7. The van der Waals surface area contributed by atoms with E-state index < -0.39 is 0 Å². The van der Waals surface area contributed by atoms with Crippen LogP contribution in [0.2, 0.25) is 5.02 Å². The highest BCUT2D eigenvalue weighted by molar-refractivity contribution is 6.35. The standard InChI is InChI=1S/C29H28ClN5O2/c1-34-17-32-27-23(30)14-20(15-25(27)34)29(37)35-13-11-24(22(16-35)18-6-3-2-4-7-18)33-28(36)26-21(19-9-10-19)8-5-12-31-26/h2-8,12,14-15,17,19,22,24H,9-11,13,16H2,1H3,(H,33,36)/t22-,24-/m1/s1. The number of aromatic nitrogens is 3. The molecule has 3 heterocycles. The van der Waals surface area contributed by atoms with Crippen LogP contribution in [0.3, 0.4) is 0 Å². The number of hydrogen-bond donors (Lipinski definition) is 1. The molecule has 1 saturated heterocycles. The third-order valence-corrected chi connectivity index (χ3v) is 7.83. The number of carbonyl (C=O) groups is 2. The van der Waals surface area contributed by atoms with Gasteiger partial charge in [-0.3, -0.25) is 14.6 Å². The zero-order chi connectivity index (χ0) is 25.5. The van der Waals surface area contributed by atoms with Gasteiger partial charge in [0.05, 0.1) is 16.9 Å². The molecule has 6 rings (SSSR count). The van der Waals surface area contributed by atoms with Crippen LogP contribution in [0.5, 0.6) is 0 Å². The zero-order valence-corrected chi connectivity index (χ0v) is 21.4. The molecule has 2 aliphatic rings. The molecule has 0 radical (unpaired) electrons. The maximum Gasteiger partial charge on any atom is 0.270 e. The first-order valence-corrected chi connectivity index (χ1v) is 13.1. The molecule has 2 aromatic heterocycles. The van der Waals surface area contributed by atoms with E-state index in [0.717, 1.165) is 29.5 Å². The lowest BCUT2D eigenvalue weighted by molar-refractivity contribution is 0.0671. The van der Waals surface area contributed by atoms with Crippen molar-refractivity contribution in [3.8, 4) is 0 Å². The van der Waals surface area contributed by atoms with Gasteiger partial charge >= 0.3 is 0 Å². The molecule has 2 amide bonds. The van der Waals surface area contributed by atoms with E-state index in [1.54, 1.807) is 18.6 Å². The minimum absolute atomic E-state index is 0.0492. The molecule has 1 N–H and O–H groups in total. The topological polar surface area (TPSA) is 80.1 Å². The molecule has 0 unspecified atom stereocenters. The second kappa shape index (κ2) is 9.63. The molecule has 1 saturated carbocycles. The number of aryl methyl sites for hydroxylation is 1. The van der Waals surface area contributed by atoms with E-state index in [2.05, 4.69) is 27.4 Å². The van der Waals surface area contributed by atoms with E-state index in [9.17, 15) is 9.59 Å². The summed E-state index contributed by atoms with van der Waals surface area (Å²) in [5, 5.41) is 3.73. The summed E-state index contributed by atoms with van der Waals surface area (Å²) in [6.07, 6.45) is 6.23. The fourth-order valence-corrected chi connectivity index (χ4v) is 5.67. The molecule has 7 nitrogen and oxygen atoms in total. The van der Waals surface area contributed by atoms with Crippen molar-refractivity contribution < 1.29 is 9.59 Å². The Balaban J connectivity index is 1.26. The molecule has 1 aliphatic heterocycles. The summed E-state index contributed by atoms with van der Waals surface area (Å²) in [7, 11) is 1.88. The monoisotopic (exact) mass is 513 g/mol. The average Bonchev–Trinajstić information content (AvgIpc) is 3.71. The van der Waals surface area contributed by atoms with E-state index in [0.29, 0.717) is 47.2 Å². The Bertz CT molecular complexity index is 1480. The molecular formula is C29H28ClN5O2. The maximum absolute atomic E-state index is 13.6. The lowest BCUT2D eigenvalue weighted by atomic mass is 9.85. The number of likely N-dealkylation sites (tertiary alicyclic amines) is 1. The molecule has 188 valence electrons. The highest BCUT2D eigenvalue weighted by Gasteiger charge is 2.35. The SMILES string of the molecule is Cn1cnc2c(Cl)cc(C(=O)N3CC[C@@H](NC(=O)c4ncccc4C4CC4)[C@@H](c4ccccc4)C3)cc21. The van der Waals surface area contributed by atoms with Gasteiger partial charge in [0.1, 0.15) is 11.2 Å². The minimum atomic E-state index is -0.137. The van der Waals surface area contributed by atoms with E-state index >= 15 is 0 Å². The zero-order valence-electron chi connectivity index (χ0n) is 20.6. The van der Waals surface area contributed by atoms with Crippen LogP contribution in [-0.2, 0) is 7.05 Å². The lowest BCUT2D eigenvalue weighted by Gasteiger charge is -2.39. The summed E-state index contributed by atoms with van der Waals surface area (Å²) in [5.41, 5.74) is 4.69. The van der Waals surface area contributed by atoms with Gasteiger partial charge in [-0.15, -0.1) is 0 Å². The Hall–Kier alpha value is -3.71. The number of pyridine rings is 1. The number of halogens is 1. The van der Waals surface area contributed by atoms with Crippen LogP contribution in [0, 0.1) is 0 Å². The molecule has 4 aromatic rings. The maximum atomic E-state index is 13.6. The van der Waals surface area contributed by atoms with E-state index in [4.69, 9.17) is 11.6 Å². The van der Waals surface area contributed by atoms with Gasteiger partial charge in [0, 0.05) is 43.9 Å². The molecular weight excluding hydrogens is 486 g/mol. The van der Waals surface area contributed by atoms with Gasteiger partial charge in [-0.25, -0.2) is 4.98 Å². The number of piperidine rings is 1. The molecule has 2 atom stereocenters. The van der Waals surface area contributed by atoms with E-state index in [1.165, 1.54) is 0 Å². The number of benzene rings is 2. The highest BCUT2D eigenvalue weighted by Crippen LogP contribution is 2.41. The van der Waals surface area contributed by atoms with Gasteiger partial charge in [-0.1, -0.05) is 48.0 Å². The van der Waals surface area contributed by atoms with Crippen molar-refractivity contribution in [2.45, 2.75) is 37.1 Å². The number of amides is 2. The fourth-order valence-electron chi connectivity index (χ4n) is 5.41. The van der Waals surface area contributed by atoms with Crippen LogP contribution in [0.25, 0.3) is 11.0 Å². The minimum Gasteiger partial charge on any atom is -0.347 e. The van der Waals surface area contributed by atoms with Crippen LogP contribution in [0.4, 0.5) is 0 Å². The van der Waals surface area contributed by atoms with Crippen molar-refractivity contribution in [3.63, 3.8) is 0 Å². The Labute approximate surface area is 220 Å². The van der Waals surface area contributed by atoms with Gasteiger partial charge < -0.3 is 14.8 Å². The predicted molar refractivity (Wildman–Crippen MR) is 143 cm³/mol. The second-order valence-electron chi connectivity index (χ2n) is 10.0. The first-order chi connectivity index (χ1) is 18.0. The average molecular weight is 514 g/mol. The smallest absolute Gasteiger partial charge is 0.270 e. The summed E-state index contributed by atoms with van der Waals surface area (Å²) < 4.78 is 1.86. The van der Waals surface area contributed by atoms with Gasteiger partial charge in [-0.2, -0.15) is 0 Å². The Morgan fingerprint density at radius 3 is 2.62 bits per heavy atom. The van der Waals surface area contributed by atoms with Crippen molar-refractivity contribution in [1.29, 1.82) is 0 Å². The summed E-state index contributed by atoms with van der Waals surface area (Å²) >= 11 is 6.46. The number of carbonyl (C=O) groups excluding carboxylic acids is 2. The molecule has 0 spiro atoms. The van der Waals surface area contributed by atoms with Crippen molar-refractivity contribution in [1.82, 2.24) is 24.8 Å². The van der Waals surface area contributed by atoms with Gasteiger partial charge in [-0.05, 0) is 54.5 Å². The molecule has 8 heteroatoms. The third kappa shape index (κ3) is 4.60. The predicted octanol–water partition coefficient (Wildman–Crippen LogP) is 4.93. The molecule has 0 bridgehead atoms. The summed E-state index contributed by atoms with van der Waals surface area (Å²) in [6.45, 7) is 1.03. The van der Waals surface area contributed by atoms with Crippen molar-refractivity contribution >= 4 is 34.4 Å². The van der Waals surface area contributed by atoms with Crippen LogP contribution < -0.4 is 5.32 Å². The Morgan fingerprint density at radius 1 is 1.03 bits per heavy atom. The molecule has 2 aromatic carbocycles.